The van der Waals surface area contributed by atoms with Crippen LogP contribution in [0.2, 0.25) is 0 Å². The maximum Gasteiger partial charge on any atom is 0.416 e. The van der Waals surface area contributed by atoms with E-state index in [4.69, 9.17) is 10.5 Å². The number of alkyl halides is 3. The zero-order valence-corrected chi connectivity index (χ0v) is 12.1. The second kappa shape index (κ2) is 6.66. The Morgan fingerprint density at radius 2 is 2.14 bits per heavy atom. The fourth-order valence-corrected chi connectivity index (χ4v) is 2.71. The first-order chi connectivity index (χ1) is 9.91. The molecule has 1 saturated heterocycles. The van der Waals surface area contributed by atoms with Gasteiger partial charge in [-0.1, -0.05) is 0 Å². The molecule has 0 amide bonds. The number of nitrogens with two attached hydrogens (primary N) is 1. The molecule has 2 N–H and O–H groups in total. The smallest absolute Gasteiger partial charge is 0.381 e. The van der Waals surface area contributed by atoms with E-state index in [1.54, 1.807) is 0 Å². The minimum absolute atomic E-state index is 0.122. The number of hydrogen-bond acceptors (Lipinski definition) is 3. The summed E-state index contributed by atoms with van der Waals surface area (Å²) in [6, 6.07) is 4.16. The lowest BCUT2D eigenvalue weighted by Crippen LogP contribution is -2.31. The Morgan fingerprint density at radius 1 is 1.38 bits per heavy atom. The molecule has 1 aromatic rings. The van der Waals surface area contributed by atoms with Crippen molar-refractivity contribution in [2.45, 2.75) is 25.6 Å². The Labute approximate surface area is 122 Å². The number of hydrogen-bond donors (Lipinski definition) is 1. The summed E-state index contributed by atoms with van der Waals surface area (Å²) in [5.74, 6) is 0.423. The van der Waals surface area contributed by atoms with Gasteiger partial charge >= 0.3 is 6.18 Å². The van der Waals surface area contributed by atoms with E-state index in [0.717, 1.165) is 37.7 Å². The van der Waals surface area contributed by atoms with Gasteiger partial charge in [0.2, 0.25) is 0 Å². The molecule has 1 aliphatic heterocycles. The Hall–Kier alpha value is -1.27. The molecule has 0 saturated carbocycles. The van der Waals surface area contributed by atoms with Crippen molar-refractivity contribution in [2.24, 2.45) is 11.7 Å². The Bertz CT molecular complexity index is 470. The van der Waals surface area contributed by atoms with Gasteiger partial charge < -0.3 is 15.4 Å². The monoisotopic (exact) mass is 302 g/mol. The van der Waals surface area contributed by atoms with Gasteiger partial charge in [0.25, 0.3) is 0 Å². The molecule has 118 valence electrons. The minimum Gasteiger partial charge on any atom is -0.381 e. The fraction of sp³-hybridized carbons (Fsp3) is 0.600. The van der Waals surface area contributed by atoms with E-state index in [1.807, 2.05) is 11.9 Å². The Kier molecular flexibility index (Phi) is 5.11. The van der Waals surface area contributed by atoms with Crippen LogP contribution in [0.15, 0.2) is 18.2 Å². The molecule has 0 bridgehead atoms. The fourth-order valence-electron chi connectivity index (χ4n) is 2.71. The molecule has 1 aliphatic rings. The molecule has 1 atom stereocenters. The molecular weight excluding hydrogens is 281 g/mol. The van der Waals surface area contributed by atoms with E-state index in [0.29, 0.717) is 12.5 Å². The number of rotatable bonds is 4. The predicted molar refractivity (Wildman–Crippen MR) is 76.1 cm³/mol. The summed E-state index contributed by atoms with van der Waals surface area (Å²) in [5.41, 5.74) is 5.70. The van der Waals surface area contributed by atoms with Gasteiger partial charge in [0, 0.05) is 32.4 Å². The Morgan fingerprint density at radius 3 is 2.71 bits per heavy atom. The first kappa shape index (κ1) is 16.1. The lowest BCUT2D eigenvalue weighted by molar-refractivity contribution is -0.138. The standard InChI is InChI=1S/C15H21F3N2O/c1-20(9-11-3-2-6-21-10-11)13-4-5-14(15(16,17)18)12(7-13)8-19/h4-5,7,11H,2-3,6,8-10,19H2,1H3. The van der Waals surface area contributed by atoms with E-state index < -0.39 is 11.7 Å². The van der Waals surface area contributed by atoms with Gasteiger partial charge in [-0.2, -0.15) is 13.2 Å². The molecule has 1 fully saturated rings. The predicted octanol–water partition coefficient (Wildman–Crippen LogP) is 3.03. The van der Waals surface area contributed by atoms with Gasteiger partial charge in [-0.15, -0.1) is 0 Å². The number of anilines is 1. The van der Waals surface area contributed by atoms with Crippen molar-refractivity contribution in [3.05, 3.63) is 29.3 Å². The maximum absolute atomic E-state index is 12.9. The van der Waals surface area contributed by atoms with Crippen LogP contribution in [-0.2, 0) is 17.5 Å². The number of nitrogens with zero attached hydrogens (tertiary/aromatic N) is 1. The third-order valence-electron chi connectivity index (χ3n) is 3.84. The molecule has 0 aromatic heterocycles. The van der Waals surface area contributed by atoms with Gasteiger partial charge in [-0.05, 0) is 42.5 Å². The summed E-state index contributed by atoms with van der Waals surface area (Å²) in [7, 11) is 1.89. The highest BCUT2D eigenvalue weighted by molar-refractivity contribution is 5.51. The van der Waals surface area contributed by atoms with E-state index in [9.17, 15) is 13.2 Å². The summed E-state index contributed by atoms with van der Waals surface area (Å²) in [5, 5.41) is 0. The van der Waals surface area contributed by atoms with Crippen molar-refractivity contribution in [2.75, 3.05) is 31.7 Å². The molecule has 1 aromatic carbocycles. The highest BCUT2D eigenvalue weighted by Crippen LogP contribution is 2.34. The van der Waals surface area contributed by atoms with Crippen molar-refractivity contribution in [1.29, 1.82) is 0 Å². The summed E-state index contributed by atoms with van der Waals surface area (Å²) in [4.78, 5) is 1.97. The van der Waals surface area contributed by atoms with E-state index in [1.165, 1.54) is 12.1 Å². The van der Waals surface area contributed by atoms with Crippen molar-refractivity contribution < 1.29 is 17.9 Å². The van der Waals surface area contributed by atoms with Crippen LogP contribution in [0.4, 0.5) is 18.9 Å². The number of benzene rings is 1. The van der Waals surface area contributed by atoms with Crippen LogP contribution in [0.5, 0.6) is 0 Å². The van der Waals surface area contributed by atoms with Gasteiger partial charge in [0.15, 0.2) is 0 Å². The Balaban J connectivity index is 2.12. The van der Waals surface area contributed by atoms with Crippen molar-refractivity contribution in [3.8, 4) is 0 Å². The zero-order valence-electron chi connectivity index (χ0n) is 12.1. The van der Waals surface area contributed by atoms with Crippen LogP contribution in [-0.4, -0.2) is 26.8 Å². The second-order valence-electron chi connectivity index (χ2n) is 5.51. The van der Waals surface area contributed by atoms with Gasteiger partial charge in [0.05, 0.1) is 12.2 Å². The summed E-state index contributed by atoms with van der Waals surface area (Å²) in [6.45, 7) is 2.17. The van der Waals surface area contributed by atoms with Crippen LogP contribution in [0.25, 0.3) is 0 Å². The van der Waals surface area contributed by atoms with E-state index in [-0.39, 0.29) is 12.1 Å². The molecule has 6 heteroatoms. The molecule has 3 nitrogen and oxygen atoms in total. The average Bonchev–Trinajstić information content (AvgIpc) is 2.46. The molecule has 0 spiro atoms. The second-order valence-corrected chi connectivity index (χ2v) is 5.51. The average molecular weight is 302 g/mol. The number of ether oxygens (including phenoxy) is 1. The van der Waals surface area contributed by atoms with Crippen LogP contribution in [0, 0.1) is 5.92 Å². The highest BCUT2D eigenvalue weighted by Gasteiger charge is 2.33. The van der Waals surface area contributed by atoms with Crippen LogP contribution >= 0.6 is 0 Å². The summed E-state index contributed by atoms with van der Waals surface area (Å²) >= 11 is 0. The third kappa shape index (κ3) is 4.11. The first-order valence-electron chi connectivity index (χ1n) is 7.11. The topological polar surface area (TPSA) is 38.5 Å². The quantitative estimate of drug-likeness (QED) is 0.929. The number of halogens is 3. The maximum atomic E-state index is 12.9. The molecule has 1 unspecified atom stereocenters. The molecular formula is C15H21F3N2O. The van der Waals surface area contributed by atoms with Gasteiger partial charge in [-0.25, -0.2) is 0 Å². The van der Waals surface area contributed by atoms with Gasteiger partial charge in [-0.3, -0.25) is 0 Å². The molecule has 0 aliphatic carbocycles. The van der Waals surface area contributed by atoms with Crippen LogP contribution in [0.3, 0.4) is 0 Å². The molecule has 2 rings (SSSR count). The SMILES string of the molecule is CN(CC1CCCOC1)c1ccc(C(F)(F)F)c(CN)c1. The normalized spacial score (nSPS) is 19.6. The lowest BCUT2D eigenvalue weighted by atomic mass is 10.0. The molecule has 21 heavy (non-hydrogen) atoms. The van der Waals surface area contributed by atoms with E-state index in [2.05, 4.69) is 0 Å². The van der Waals surface area contributed by atoms with Crippen LogP contribution in [0.1, 0.15) is 24.0 Å². The highest BCUT2D eigenvalue weighted by atomic mass is 19.4. The third-order valence-corrected chi connectivity index (χ3v) is 3.84. The lowest BCUT2D eigenvalue weighted by Gasteiger charge is -2.29. The summed E-state index contributed by atoms with van der Waals surface area (Å²) < 4.78 is 44.0. The minimum atomic E-state index is -4.36. The zero-order chi connectivity index (χ0) is 15.5. The molecule has 1 heterocycles. The van der Waals surface area contributed by atoms with Crippen molar-refractivity contribution in [1.82, 2.24) is 0 Å². The molecule has 0 radical (unpaired) electrons. The van der Waals surface area contributed by atoms with E-state index >= 15 is 0 Å². The van der Waals surface area contributed by atoms with Crippen molar-refractivity contribution in [3.63, 3.8) is 0 Å². The largest absolute Gasteiger partial charge is 0.416 e. The van der Waals surface area contributed by atoms with Crippen molar-refractivity contribution >= 4 is 5.69 Å². The first-order valence-corrected chi connectivity index (χ1v) is 7.11. The van der Waals surface area contributed by atoms with Crippen LogP contribution < -0.4 is 10.6 Å². The van der Waals surface area contributed by atoms with Gasteiger partial charge in [0.1, 0.15) is 0 Å². The summed E-state index contributed by atoms with van der Waals surface area (Å²) in [6.07, 6.45) is -2.22.